The lowest BCUT2D eigenvalue weighted by Gasteiger charge is -2.43. The van der Waals surface area contributed by atoms with Crippen molar-refractivity contribution in [3.63, 3.8) is 0 Å². The van der Waals surface area contributed by atoms with Crippen LogP contribution in [-0.2, 0) is 4.74 Å². The minimum Gasteiger partial charge on any atom is -0.375 e. The van der Waals surface area contributed by atoms with E-state index in [0.29, 0.717) is 6.04 Å². The van der Waals surface area contributed by atoms with Gasteiger partial charge in [0, 0.05) is 31.8 Å². The third kappa shape index (κ3) is 3.66. The first kappa shape index (κ1) is 16.1. The van der Waals surface area contributed by atoms with Gasteiger partial charge < -0.3 is 15.0 Å². The zero-order chi connectivity index (χ0) is 16.2. The minimum atomic E-state index is 0.136. The van der Waals surface area contributed by atoms with Crippen LogP contribution in [0.2, 0.25) is 0 Å². The summed E-state index contributed by atoms with van der Waals surface area (Å²) in [5.74, 6) is 2.05. The van der Waals surface area contributed by atoms with E-state index in [4.69, 9.17) is 4.74 Å². The topological polar surface area (TPSA) is 50.3 Å². The van der Waals surface area contributed by atoms with E-state index in [2.05, 4.69) is 26.3 Å². The van der Waals surface area contributed by atoms with Crippen molar-refractivity contribution < 1.29 is 4.74 Å². The average molecular weight is 330 g/mol. The van der Waals surface area contributed by atoms with Crippen LogP contribution in [-0.4, -0.2) is 41.3 Å². The van der Waals surface area contributed by atoms with Crippen molar-refractivity contribution in [2.24, 2.45) is 0 Å². The molecule has 24 heavy (non-hydrogen) atoms. The Morgan fingerprint density at radius 1 is 1.04 bits per heavy atom. The van der Waals surface area contributed by atoms with Crippen molar-refractivity contribution in [2.75, 3.05) is 29.9 Å². The SMILES string of the molecule is c1nc(NC2CCOC3(CCCCC3)C2)cc(N2CCCCC2)n1. The molecule has 0 radical (unpaired) electrons. The van der Waals surface area contributed by atoms with Gasteiger partial charge >= 0.3 is 0 Å². The Hall–Kier alpha value is -1.36. The standard InChI is InChI=1S/C19H30N4O/c1-3-8-19(9-4-1)14-16(7-12-24-19)22-17-13-18(21-15-20-17)23-10-5-2-6-11-23/h13,15-16H,1-12,14H2,(H,20,21,22). The van der Waals surface area contributed by atoms with Crippen LogP contribution in [0.3, 0.4) is 0 Å². The van der Waals surface area contributed by atoms with Gasteiger partial charge in [-0.25, -0.2) is 9.97 Å². The van der Waals surface area contributed by atoms with Crippen molar-refractivity contribution in [2.45, 2.75) is 75.9 Å². The summed E-state index contributed by atoms with van der Waals surface area (Å²) in [6, 6.07) is 2.61. The largest absolute Gasteiger partial charge is 0.375 e. The van der Waals surface area contributed by atoms with E-state index >= 15 is 0 Å². The summed E-state index contributed by atoms with van der Waals surface area (Å²) in [7, 11) is 0. The first-order valence-corrected chi connectivity index (χ1v) is 9.81. The fourth-order valence-electron chi connectivity index (χ4n) is 4.63. The maximum atomic E-state index is 6.21. The van der Waals surface area contributed by atoms with Gasteiger partial charge in [-0.15, -0.1) is 0 Å². The first-order valence-electron chi connectivity index (χ1n) is 9.81. The summed E-state index contributed by atoms with van der Waals surface area (Å²) in [4.78, 5) is 11.4. The second-order valence-corrected chi connectivity index (χ2v) is 7.74. The molecule has 4 rings (SSSR count). The molecule has 2 aliphatic heterocycles. The van der Waals surface area contributed by atoms with Crippen LogP contribution >= 0.6 is 0 Å². The molecule has 3 heterocycles. The number of nitrogens with zero attached hydrogens (tertiary/aromatic N) is 3. The van der Waals surface area contributed by atoms with Gasteiger partial charge in [0.1, 0.15) is 18.0 Å². The smallest absolute Gasteiger partial charge is 0.134 e. The van der Waals surface area contributed by atoms with Crippen LogP contribution in [0.1, 0.15) is 64.2 Å². The maximum Gasteiger partial charge on any atom is 0.134 e. The molecule has 132 valence electrons. The van der Waals surface area contributed by atoms with Crippen molar-refractivity contribution in [3.05, 3.63) is 12.4 Å². The quantitative estimate of drug-likeness (QED) is 0.914. The maximum absolute atomic E-state index is 6.21. The summed E-state index contributed by atoms with van der Waals surface area (Å²) in [5.41, 5.74) is 0.136. The van der Waals surface area contributed by atoms with Crippen molar-refractivity contribution >= 4 is 11.6 Å². The molecule has 1 aliphatic carbocycles. The molecule has 1 aromatic heterocycles. The lowest BCUT2D eigenvalue weighted by atomic mass is 9.78. The summed E-state index contributed by atoms with van der Waals surface area (Å²) >= 11 is 0. The Bertz CT molecular complexity index is 532. The second kappa shape index (κ2) is 7.26. The Kier molecular flexibility index (Phi) is 4.88. The number of hydrogen-bond acceptors (Lipinski definition) is 5. The monoisotopic (exact) mass is 330 g/mol. The van der Waals surface area contributed by atoms with Crippen molar-refractivity contribution in [1.29, 1.82) is 0 Å². The fraction of sp³-hybridized carbons (Fsp3) is 0.789. The highest BCUT2D eigenvalue weighted by atomic mass is 16.5. The molecule has 0 aromatic carbocycles. The van der Waals surface area contributed by atoms with Gasteiger partial charge in [-0.2, -0.15) is 0 Å². The molecule has 0 bridgehead atoms. The number of aromatic nitrogens is 2. The molecule has 1 atom stereocenters. The molecule has 1 N–H and O–H groups in total. The van der Waals surface area contributed by atoms with Crippen molar-refractivity contribution in [1.82, 2.24) is 9.97 Å². The van der Waals surface area contributed by atoms with E-state index in [-0.39, 0.29) is 5.60 Å². The van der Waals surface area contributed by atoms with E-state index in [9.17, 15) is 0 Å². The number of hydrogen-bond donors (Lipinski definition) is 1. The molecule has 1 spiro atoms. The molecule has 3 aliphatic rings. The van der Waals surface area contributed by atoms with Crippen LogP contribution in [0.15, 0.2) is 12.4 Å². The molecule has 1 saturated carbocycles. The highest BCUT2D eigenvalue weighted by Crippen LogP contribution is 2.39. The Labute approximate surface area is 145 Å². The number of nitrogens with one attached hydrogen (secondary N) is 1. The predicted octanol–water partition coefficient (Wildman–Crippen LogP) is 3.76. The molecule has 5 nitrogen and oxygen atoms in total. The zero-order valence-corrected chi connectivity index (χ0v) is 14.7. The van der Waals surface area contributed by atoms with Gasteiger partial charge in [-0.1, -0.05) is 19.3 Å². The highest BCUT2D eigenvalue weighted by Gasteiger charge is 2.38. The summed E-state index contributed by atoms with van der Waals surface area (Å²) < 4.78 is 6.21. The Morgan fingerprint density at radius 3 is 2.67 bits per heavy atom. The zero-order valence-electron chi connectivity index (χ0n) is 14.7. The predicted molar refractivity (Wildman–Crippen MR) is 96.5 cm³/mol. The van der Waals surface area contributed by atoms with Crippen molar-refractivity contribution in [3.8, 4) is 0 Å². The van der Waals surface area contributed by atoms with Gasteiger partial charge in [0.05, 0.1) is 5.60 Å². The van der Waals surface area contributed by atoms with Crippen LogP contribution in [0.25, 0.3) is 0 Å². The molecular weight excluding hydrogens is 300 g/mol. The molecule has 1 aromatic rings. The Balaban J connectivity index is 1.41. The summed E-state index contributed by atoms with van der Waals surface area (Å²) in [6.07, 6.45) is 14.3. The van der Waals surface area contributed by atoms with Gasteiger partial charge in [0.15, 0.2) is 0 Å². The molecule has 3 fully saturated rings. The van der Waals surface area contributed by atoms with Gasteiger partial charge in [0.2, 0.25) is 0 Å². The van der Waals surface area contributed by atoms with E-state index in [1.165, 1.54) is 51.4 Å². The number of piperidine rings is 1. The Morgan fingerprint density at radius 2 is 1.83 bits per heavy atom. The van der Waals surface area contributed by atoms with Gasteiger partial charge in [-0.3, -0.25) is 0 Å². The minimum absolute atomic E-state index is 0.136. The van der Waals surface area contributed by atoms with E-state index in [1.54, 1.807) is 6.33 Å². The van der Waals surface area contributed by atoms with Crippen LogP contribution in [0.4, 0.5) is 11.6 Å². The van der Waals surface area contributed by atoms with Gasteiger partial charge in [0.25, 0.3) is 0 Å². The lowest BCUT2D eigenvalue weighted by molar-refractivity contribution is -0.103. The van der Waals surface area contributed by atoms with E-state index in [1.807, 2.05) is 0 Å². The molecular formula is C19H30N4O. The number of anilines is 2. The number of rotatable bonds is 3. The molecule has 0 amide bonds. The first-order chi connectivity index (χ1) is 11.8. The summed E-state index contributed by atoms with van der Waals surface area (Å²) in [5, 5.41) is 3.67. The number of ether oxygens (including phenoxy) is 1. The average Bonchev–Trinajstić information content (AvgIpc) is 2.63. The third-order valence-corrected chi connectivity index (χ3v) is 5.94. The molecule has 5 heteroatoms. The normalized spacial score (nSPS) is 27.2. The van der Waals surface area contributed by atoms with Crippen LogP contribution in [0, 0.1) is 0 Å². The second-order valence-electron chi connectivity index (χ2n) is 7.74. The van der Waals surface area contributed by atoms with Crippen LogP contribution < -0.4 is 10.2 Å². The third-order valence-electron chi connectivity index (χ3n) is 5.94. The van der Waals surface area contributed by atoms with E-state index in [0.717, 1.165) is 44.2 Å². The molecule has 2 saturated heterocycles. The highest BCUT2D eigenvalue weighted by molar-refractivity contribution is 5.49. The van der Waals surface area contributed by atoms with Crippen LogP contribution in [0.5, 0.6) is 0 Å². The van der Waals surface area contributed by atoms with Gasteiger partial charge in [-0.05, 0) is 44.9 Å². The summed E-state index contributed by atoms with van der Waals surface area (Å²) in [6.45, 7) is 3.12. The van der Waals surface area contributed by atoms with E-state index < -0.39 is 0 Å². The lowest BCUT2D eigenvalue weighted by Crippen LogP contribution is -2.45. The fourth-order valence-corrected chi connectivity index (χ4v) is 4.63. The molecule has 1 unspecified atom stereocenters.